The van der Waals surface area contributed by atoms with Gasteiger partial charge < -0.3 is 9.84 Å². The van der Waals surface area contributed by atoms with Gasteiger partial charge in [-0.15, -0.1) is 0 Å². The second-order valence-electron chi connectivity index (χ2n) is 3.70. The van der Waals surface area contributed by atoms with E-state index in [1.807, 2.05) is 13.0 Å². The molecule has 1 aromatic rings. The van der Waals surface area contributed by atoms with Crippen LogP contribution in [0.2, 0.25) is 0 Å². The Morgan fingerprint density at radius 3 is 2.65 bits per heavy atom. The van der Waals surface area contributed by atoms with Crippen molar-refractivity contribution in [2.24, 2.45) is 0 Å². The number of rotatable bonds is 5. The van der Waals surface area contributed by atoms with Crippen molar-refractivity contribution in [2.45, 2.75) is 26.7 Å². The van der Waals surface area contributed by atoms with Crippen LogP contribution in [0.1, 0.15) is 34.8 Å². The van der Waals surface area contributed by atoms with E-state index in [2.05, 4.69) is 0 Å². The SMILES string of the molecule is CCOC(=O)c1cccc(CCC(=O)O)c1C. The molecule has 0 atom stereocenters. The number of hydrogen-bond donors (Lipinski definition) is 1. The molecular formula is C13H16O4. The standard InChI is InChI=1S/C13H16O4/c1-3-17-13(16)11-6-4-5-10(9(11)2)7-8-12(14)15/h4-6H,3,7-8H2,1-2H3,(H,14,15). The van der Waals surface area contributed by atoms with Crippen molar-refractivity contribution in [2.75, 3.05) is 6.61 Å². The Bertz CT molecular complexity index is 423. The van der Waals surface area contributed by atoms with E-state index in [0.29, 0.717) is 18.6 Å². The first-order chi connectivity index (χ1) is 8.06. The molecule has 1 rings (SSSR count). The van der Waals surface area contributed by atoms with Gasteiger partial charge in [-0.2, -0.15) is 0 Å². The molecule has 0 fully saturated rings. The largest absolute Gasteiger partial charge is 0.481 e. The molecule has 0 aromatic heterocycles. The van der Waals surface area contributed by atoms with E-state index in [1.54, 1.807) is 19.1 Å². The summed E-state index contributed by atoms with van der Waals surface area (Å²) < 4.78 is 4.93. The van der Waals surface area contributed by atoms with Crippen LogP contribution in [0.25, 0.3) is 0 Å². The van der Waals surface area contributed by atoms with Crippen LogP contribution in [-0.2, 0) is 16.0 Å². The highest BCUT2D eigenvalue weighted by Gasteiger charge is 2.12. The van der Waals surface area contributed by atoms with Gasteiger partial charge in [-0.3, -0.25) is 4.79 Å². The quantitative estimate of drug-likeness (QED) is 0.796. The maximum Gasteiger partial charge on any atom is 0.338 e. The fourth-order valence-corrected chi connectivity index (χ4v) is 1.63. The van der Waals surface area contributed by atoms with E-state index in [4.69, 9.17) is 9.84 Å². The van der Waals surface area contributed by atoms with Crippen LogP contribution >= 0.6 is 0 Å². The van der Waals surface area contributed by atoms with Gasteiger partial charge in [0, 0.05) is 6.42 Å². The van der Waals surface area contributed by atoms with E-state index in [-0.39, 0.29) is 12.4 Å². The summed E-state index contributed by atoms with van der Waals surface area (Å²) in [7, 11) is 0. The van der Waals surface area contributed by atoms with Gasteiger partial charge in [0.05, 0.1) is 12.2 Å². The van der Waals surface area contributed by atoms with Crippen molar-refractivity contribution in [3.8, 4) is 0 Å². The number of carboxylic acids is 1. The van der Waals surface area contributed by atoms with Gasteiger partial charge in [0.2, 0.25) is 0 Å². The molecule has 0 amide bonds. The number of carbonyl (C=O) groups is 2. The van der Waals surface area contributed by atoms with E-state index in [1.165, 1.54) is 0 Å². The van der Waals surface area contributed by atoms with E-state index in [9.17, 15) is 9.59 Å². The van der Waals surface area contributed by atoms with Gasteiger partial charge >= 0.3 is 11.9 Å². The zero-order valence-electron chi connectivity index (χ0n) is 10.0. The Hall–Kier alpha value is -1.84. The summed E-state index contributed by atoms with van der Waals surface area (Å²) in [4.78, 5) is 22.1. The summed E-state index contributed by atoms with van der Waals surface area (Å²) in [5.41, 5.74) is 2.18. The maximum absolute atomic E-state index is 11.6. The molecule has 0 aliphatic rings. The van der Waals surface area contributed by atoms with Crippen LogP contribution in [0.15, 0.2) is 18.2 Å². The number of carbonyl (C=O) groups excluding carboxylic acids is 1. The number of esters is 1. The third-order valence-corrected chi connectivity index (χ3v) is 2.55. The molecule has 0 spiro atoms. The number of aliphatic carboxylic acids is 1. The third kappa shape index (κ3) is 3.59. The minimum Gasteiger partial charge on any atom is -0.481 e. The second kappa shape index (κ2) is 6.03. The van der Waals surface area contributed by atoms with Crippen LogP contribution in [0.4, 0.5) is 0 Å². The van der Waals surface area contributed by atoms with Crippen molar-refractivity contribution in [3.05, 3.63) is 34.9 Å². The normalized spacial score (nSPS) is 10.0. The average molecular weight is 236 g/mol. The fraction of sp³-hybridized carbons (Fsp3) is 0.385. The molecule has 17 heavy (non-hydrogen) atoms. The van der Waals surface area contributed by atoms with Crippen LogP contribution < -0.4 is 0 Å². The Labute approximate surface area is 100 Å². The minimum absolute atomic E-state index is 0.0626. The van der Waals surface area contributed by atoms with E-state index in [0.717, 1.165) is 11.1 Å². The molecule has 0 radical (unpaired) electrons. The first kappa shape index (κ1) is 13.2. The van der Waals surface area contributed by atoms with Crippen molar-refractivity contribution < 1.29 is 19.4 Å². The van der Waals surface area contributed by atoms with Crippen LogP contribution in [0.3, 0.4) is 0 Å². The summed E-state index contributed by atoms with van der Waals surface area (Å²) in [6.45, 7) is 3.89. The molecule has 0 bridgehead atoms. The molecule has 0 unspecified atom stereocenters. The van der Waals surface area contributed by atoms with E-state index >= 15 is 0 Å². The monoisotopic (exact) mass is 236 g/mol. The molecule has 0 saturated carbocycles. The Kier molecular flexibility index (Phi) is 4.69. The van der Waals surface area contributed by atoms with Crippen molar-refractivity contribution in [1.82, 2.24) is 0 Å². The number of benzene rings is 1. The third-order valence-electron chi connectivity index (χ3n) is 2.55. The lowest BCUT2D eigenvalue weighted by Gasteiger charge is -2.09. The maximum atomic E-state index is 11.6. The van der Waals surface area contributed by atoms with E-state index < -0.39 is 5.97 Å². The predicted molar refractivity (Wildman–Crippen MR) is 63.1 cm³/mol. The first-order valence-electron chi connectivity index (χ1n) is 5.53. The Balaban J connectivity index is 2.90. The predicted octanol–water partition coefficient (Wildman–Crippen LogP) is 2.19. The molecule has 0 saturated heterocycles. The summed E-state index contributed by atoms with van der Waals surface area (Å²) in [6.07, 6.45) is 0.488. The zero-order chi connectivity index (χ0) is 12.8. The summed E-state index contributed by atoms with van der Waals surface area (Å²) in [5, 5.41) is 8.64. The summed E-state index contributed by atoms with van der Waals surface area (Å²) >= 11 is 0. The highest BCUT2D eigenvalue weighted by Crippen LogP contribution is 2.16. The van der Waals surface area contributed by atoms with Crippen molar-refractivity contribution >= 4 is 11.9 Å². The number of hydrogen-bond acceptors (Lipinski definition) is 3. The Morgan fingerprint density at radius 2 is 2.06 bits per heavy atom. The average Bonchev–Trinajstić information content (AvgIpc) is 2.27. The highest BCUT2D eigenvalue weighted by molar-refractivity contribution is 5.91. The number of ether oxygens (including phenoxy) is 1. The lowest BCUT2D eigenvalue weighted by atomic mass is 9.99. The first-order valence-corrected chi connectivity index (χ1v) is 5.53. The molecule has 92 valence electrons. The molecule has 0 aliphatic carbocycles. The number of aryl methyl sites for hydroxylation is 1. The summed E-state index contributed by atoms with van der Waals surface area (Å²) in [6, 6.07) is 5.27. The highest BCUT2D eigenvalue weighted by atomic mass is 16.5. The van der Waals surface area contributed by atoms with Gasteiger partial charge in [0.25, 0.3) is 0 Å². The second-order valence-corrected chi connectivity index (χ2v) is 3.70. The van der Waals surface area contributed by atoms with Crippen LogP contribution in [0, 0.1) is 6.92 Å². The molecular weight excluding hydrogens is 220 g/mol. The van der Waals surface area contributed by atoms with Gasteiger partial charge in [0.15, 0.2) is 0 Å². The lowest BCUT2D eigenvalue weighted by Crippen LogP contribution is -2.08. The van der Waals surface area contributed by atoms with Crippen LogP contribution in [-0.4, -0.2) is 23.7 Å². The molecule has 0 heterocycles. The minimum atomic E-state index is -0.842. The molecule has 1 N–H and O–H groups in total. The van der Waals surface area contributed by atoms with Crippen molar-refractivity contribution in [1.29, 1.82) is 0 Å². The van der Waals surface area contributed by atoms with Gasteiger partial charge in [-0.05, 0) is 37.5 Å². The molecule has 1 aromatic carbocycles. The smallest absolute Gasteiger partial charge is 0.338 e. The fourth-order valence-electron chi connectivity index (χ4n) is 1.63. The molecule has 4 nitrogen and oxygen atoms in total. The molecule has 0 aliphatic heterocycles. The Morgan fingerprint density at radius 1 is 1.35 bits per heavy atom. The zero-order valence-corrected chi connectivity index (χ0v) is 10.0. The lowest BCUT2D eigenvalue weighted by molar-refractivity contribution is -0.136. The van der Waals surface area contributed by atoms with Gasteiger partial charge in [-0.1, -0.05) is 12.1 Å². The van der Waals surface area contributed by atoms with Crippen molar-refractivity contribution in [3.63, 3.8) is 0 Å². The van der Waals surface area contributed by atoms with Gasteiger partial charge in [-0.25, -0.2) is 4.79 Å². The van der Waals surface area contributed by atoms with Crippen LogP contribution in [0.5, 0.6) is 0 Å². The summed E-state index contributed by atoms with van der Waals surface area (Å²) in [5.74, 6) is -1.20. The topological polar surface area (TPSA) is 63.6 Å². The number of carboxylic acid groups (broad SMARTS) is 1. The molecule has 4 heteroatoms. The van der Waals surface area contributed by atoms with Gasteiger partial charge in [0.1, 0.15) is 0 Å².